The zero-order chi connectivity index (χ0) is 33.2. The predicted molar refractivity (Wildman–Crippen MR) is 216 cm³/mol. The molecular weight excluding hydrogens is 641 g/mol. The quantitative estimate of drug-likeness (QED) is 0.172. The van der Waals surface area contributed by atoms with Gasteiger partial charge in [0.2, 0.25) is 0 Å². The van der Waals surface area contributed by atoms with Crippen LogP contribution in [0.2, 0.25) is 0 Å². The summed E-state index contributed by atoms with van der Waals surface area (Å²) in [5, 5.41) is 14.9. The van der Waals surface area contributed by atoms with Gasteiger partial charge in [-0.25, -0.2) is 9.97 Å². The highest BCUT2D eigenvalue weighted by Gasteiger charge is 2.27. The first-order valence-electron chi connectivity index (χ1n) is 17.2. The van der Waals surface area contributed by atoms with Crippen LogP contribution in [-0.2, 0) is 0 Å². The largest absolute Gasteiger partial charge is 0.309 e. The summed E-state index contributed by atoms with van der Waals surface area (Å²) in [6, 6.07) is 53.2. The van der Waals surface area contributed by atoms with E-state index in [0.717, 1.165) is 21.6 Å². The van der Waals surface area contributed by atoms with E-state index in [1.807, 2.05) is 6.20 Å². The average molecular weight is 667 g/mol. The maximum atomic E-state index is 4.83. The zero-order valence-electron chi connectivity index (χ0n) is 27.2. The molecule has 12 rings (SSSR count). The molecule has 0 aliphatic rings. The molecule has 51 heavy (non-hydrogen) atoms. The molecule has 0 unspecified atom stereocenters. The number of hydrogen-bond donors (Lipinski definition) is 0. The minimum atomic E-state index is 0.998. The molecule has 0 saturated carbocycles. The van der Waals surface area contributed by atoms with Crippen molar-refractivity contribution in [2.75, 3.05) is 0 Å². The van der Waals surface area contributed by atoms with Crippen molar-refractivity contribution in [3.8, 4) is 11.4 Å². The molecule has 236 valence electrons. The summed E-state index contributed by atoms with van der Waals surface area (Å²) in [6.07, 6.45) is 3.68. The minimum absolute atomic E-state index is 0.998. The lowest BCUT2D eigenvalue weighted by atomic mass is 9.94. The van der Waals surface area contributed by atoms with Gasteiger partial charge in [0.05, 0.1) is 26.8 Å². The van der Waals surface area contributed by atoms with Crippen molar-refractivity contribution in [1.29, 1.82) is 0 Å². The maximum absolute atomic E-state index is 4.83. The van der Waals surface area contributed by atoms with E-state index in [4.69, 9.17) is 4.98 Å². The second kappa shape index (κ2) is 10.0. The molecule has 0 atom stereocenters. The first-order valence-corrected chi connectivity index (χ1v) is 18.1. The standard InChI is InChI=1S/C46H26N4S/c1-2-12-27(13-3-1)49-38-20-10-8-18-34(38)40-41-37-25-47-26-48-46(37)51-45(41)44-42(43(40)49)35-19-9-11-21-39(35)50(44)28-22-23-33-31-16-5-4-14-29(31)30-15-6-7-17-32(30)36(33)24-28/h1-26H. The number of para-hydroxylation sites is 3. The van der Waals surface area contributed by atoms with Crippen LogP contribution in [0, 0.1) is 0 Å². The van der Waals surface area contributed by atoms with Crippen molar-refractivity contribution >= 4 is 108 Å². The van der Waals surface area contributed by atoms with Crippen LogP contribution in [0.1, 0.15) is 0 Å². The second-order valence-electron chi connectivity index (χ2n) is 13.4. The Bertz CT molecular complexity index is 3390. The van der Waals surface area contributed by atoms with Crippen molar-refractivity contribution < 1.29 is 0 Å². The molecule has 0 bridgehead atoms. The van der Waals surface area contributed by atoms with Gasteiger partial charge >= 0.3 is 0 Å². The van der Waals surface area contributed by atoms with Crippen LogP contribution in [0.25, 0.3) is 108 Å². The number of hydrogen-bond acceptors (Lipinski definition) is 3. The van der Waals surface area contributed by atoms with E-state index in [0.29, 0.717) is 0 Å². The van der Waals surface area contributed by atoms with Crippen molar-refractivity contribution in [2.24, 2.45) is 0 Å². The Morgan fingerprint density at radius 3 is 1.65 bits per heavy atom. The van der Waals surface area contributed by atoms with Gasteiger partial charge in [-0.15, -0.1) is 11.3 Å². The van der Waals surface area contributed by atoms with Crippen molar-refractivity contribution in [3.05, 3.63) is 158 Å². The summed E-state index contributed by atoms with van der Waals surface area (Å²) in [7, 11) is 0. The average Bonchev–Trinajstić information content (AvgIpc) is 3.86. The SMILES string of the molecule is c1ccc(-n2c3ccccc3c3c4c5cncnc5sc4c4c(c5ccccc5n4-c4ccc5c6ccccc6c6ccccc6c5c4)c32)cc1. The number of rotatable bonds is 2. The Labute approximate surface area is 295 Å². The Kier molecular flexibility index (Phi) is 5.35. The Morgan fingerprint density at radius 1 is 0.412 bits per heavy atom. The van der Waals surface area contributed by atoms with Gasteiger partial charge < -0.3 is 9.13 Å². The molecule has 0 saturated heterocycles. The normalized spacial score (nSPS) is 12.3. The van der Waals surface area contributed by atoms with Gasteiger partial charge in [-0.1, -0.05) is 109 Å². The molecule has 0 aliphatic heterocycles. The Morgan fingerprint density at radius 2 is 0.961 bits per heavy atom. The summed E-state index contributed by atoms with van der Waals surface area (Å²) < 4.78 is 6.20. The van der Waals surface area contributed by atoms with Crippen molar-refractivity contribution in [1.82, 2.24) is 19.1 Å². The topological polar surface area (TPSA) is 35.6 Å². The molecule has 4 heterocycles. The van der Waals surface area contributed by atoms with Gasteiger partial charge in [0.25, 0.3) is 0 Å². The molecule has 0 spiro atoms. The van der Waals surface area contributed by atoms with Crippen LogP contribution in [0.4, 0.5) is 0 Å². The molecule has 0 amide bonds. The lowest BCUT2D eigenvalue weighted by Gasteiger charge is -2.14. The van der Waals surface area contributed by atoms with E-state index in [2.05, 4.69) is 160 Å². The summed E-state index contributed by atoms with van der Waals surface area (Å²) in [5.41, 5.74) is 7.05. The smallest absolute Gasteiger partial charge is 0.127 e. The van der Waals surface area contributed by atoms with E-state index in [1.54, 1.807) is 17.7 Å². The highest BCUT2D eigenvalue weighted by Crippen LogP contribution is 2.51. The molecule has 5 heteroatoms. The van der Waals surface area contributed by atoms with E-state index in [1.165, 1.54) is 86.0 Å². The third-order valence-electron chi connectivity index (χ3n) is 10.8. The molecule has 0 N–H and O–H groups in total. The summed E-state index contributed by atoms with van der Waals surface area (Å²) in [5.74, 6) is 0. The van der Waals surface area contributed by atoms with E-state index in [-0.39, 0.29) is 0 Å². The Balaban J connectivity index is 1.35. The number of thiophene rings is 1. The number of benzene rings is 8. The molecular formula is C46H26N4S. The molecule has 12 aromatic rings. The van der Waals surface area contributed by atoms with Crippen LogP contribution in [-0.4, -0.2) is 19.1 Å². The van der Waals surface area contributed by atoms with Crippen LogP contribution in [0.3, 0.4) is 0 Å². The fourth-order valence-electron chi connectivity index (χ4n) is 8.83. The molecule has 8 aromatic carbocycles. The number of fused-ring (bicyclic) bond motifs is 18. The lowest BCUT2D eigenvalue weighted by molar-refractivity contribution is 1.18. The van der Waals surface area contributed by atoms with Crippen LogP contribution in [0.15, 0.2) is 158 Å². The molecule has 0 fully saturated rings. The monoisotopic (exact) mass is 666 g/mol. The van der Waals surface area contributed by atoms with E-state index >= 15 is 0 Å². The van der Waals surface area contributed by atoms with Crippen molar-refractivity contribution in [3.63, 3.8) is 0 Å². The fraction of sp³-hybridized carbons (Fsp3) is 0. The first-order chi connectivity index (χ1) is 25.3. The minimum Gasteiger partial charge on any atom is -0.309 e. The van der Waals surface area contributed by atoms with Gasteiger partial charge in [0.1, 0.15) is 11.2 Å². The van der Waals surface area contributed by atoms with Crippen molar-refractivity contribution in [2.45, 2.75) is 0 Å². The van der Waals surface area contributed by atoms with Gasteiger partial charge in [0, 0.05) is 49.9 Å². The highest BCUT2D eigenvalue weighted by atomic mass is 32.1. The summed E-state index contributed by atoms with van der Waals surface area (Å²) in [4.78, 5) is 10.4. The zero-order valence-corrected chi connectivity index (χ0v) is 28.0. The highest BCUT2D eigenvalue weighted by molar-refractivity contribution is 7.26. The van der Waals surface area contributed by atoms with E-state index in [9.17, 15) is 0 Å². The molecule has 0 aliphatic carbocycles. The van der Waals surface area contributed by atoms with E-state index < -0.39 is 0 Å². The third kappa shape index (κ3) is 3.53. The van der Waals surface area contributed by atoms with Crippen LogP contribution in [0.5, 0.6) is 0 Å². The third-order valence-corrected chi connectivity index (χ3v) is 11.9. The van der Waals surface area contributed by atoms with Crippen LogP contribution >= 0.6 is 11.3 Å². The summed E-state index contributed by atoms with van der Waals surface area (Å²) >= 11 is 1.77. The molecule has 4 aromatic heterocycles. The predicted octanol–water partition coefficient (Wildman–Crippen LogP) is 12.5. The maximum Gasteiger partial charge on any atom is 0.127 e. The lowest BCUT2D eigenvalue weighted by Crippen LogP contribution is -1.96. The molecule has 4 nitrogen and oxygen atoms in total. The Hall–Kier alpha value is -6.56. The number of nitrogens with zero attached hydrogens (tertiary/aromatic N) is 4. The van der Waals surface area contributed by atoms with Gasteiger partial charge in [-0.2, -0.15) is 0 Å². The van der Waals surface area contributed by atoms with Gasteiger partial charge in [-0.05, 0) is 68.7 Å². The number of aromatic nitrogens is 4. The fourth-order valence-corrected chi connectivity index (χ4v) is 9.99. The molecule has 0 radical (unpaired) electrons. The van der Waals surface area contributed by atoms with Crippen LogP contribution < -0.4 is 0 Å². The first kappa shape index (κ1) is 27.3. The summed E-state index contributed by atoms with van der Waals surface area (Å²) in [6.45, 7) is 0. The second-order valence-corrected chi connectivity index (χ2v) is 14.4. The van der Waals surface area contributed by atoms with Gasteiger partial charge in [-0.3, -0.25) is 0 Å². The van der Waals surface area contributed by atoms with Gasteiger partial charge in [0.15, 0.2) is 0 Å².